The molecule has 0 amide bonds. The Morgan fingerprint density at radius 2 is 1.43 bits per heavy atom. The molecular formula is C27H45N5O8S2. The first-order valence-corrected chi connectivity index (χ1v) is 15.0. The maximum Gasteiger partial charge on any atom is 0.317 e. The van der Waals surface area contributed by atoms with Crippen LogP contribution < -0.4 is 5.32 Å². The monoisotopic (exact) mass is 631 g/mol. The summed E-state index contributed by atoms with van der Waals surface area (Å²) >= 11 is 6.72. The zero-order valence-electron chi connectivity index (χ0n) is 24.6. The van der Waals surface area contributed by atoms with Gasteiger partial charge < -0.3 is 35.4 Å². The minimum Gasteiger partial charge on any atom is -0.483 e. The molecule has 1 aromatic rings. The summed E-state index contributed by atoms with van der Waals surface area (Å²) in [6.07, 6.45) is 3.55. The Labute approximate surface area is 257 Å². The fourth-order valence-corrected chi connectivity index (χ4v) is 4.77. The second-order valence-corrected chi connectivity index (χ2v) is 10.7. The van der Waals surface area contributed by atoms with E-state index in [9.17, 15) is 24.6 Å². The molecule has 1 saturated heterocycles. The Morgan fingerprint density at radius 3 is 1.86 bits per heavy atom. The van der Waals surface area contributed by atoms with Gasteiger partial charge in [-0.05, 0) is 36.9 Å². The Balaban J connectivity index is 0.00000315. The van der Waals surface area contributed by atoms with Crippen molar-refractivity contribution in [3.8, 4) is 0 Å². The van der Waals surface area contributed by atoms with E-state index in [-0.39, 0.29) is 32.1 Å². The van der Waals surface area contributed by atoms with Gasteiger partial charge in [0.1, 0.15) is 10.6 Å². The van der Waals surface area contributed by atoms with Gasteiger partial charge in [0, 0.05) is 64.7 Å². The number of hydrogen-bond donors (Lipinski definition) is 5. The Bertz CT molecular complexity index is 942. The van der Waals surface area contributed by atoms with E-state index in [0.717, 1.165) is 37.6 Å². The molecule has 0 saturated carbocycles. The fraction of sp³-hybridized carbons (Fsp3) is 0.593. The summed E-state index contributed by atoms with van der Waals surface area (Å²) in [6, 6.07) is 8.13. The van der Waals surface area contributed by atoms with Gasteiger partial charge in [-0.1, -0.05) is 31.3 Å². The van der Waals surface area contributed by atoms with E-state index < -0.39 is 11.9 Å². The highest BCUT2D eigenvalue weighted by atomic mass is 32.2. The first-order valence-electron chi connectivity index (χ1n) is 13.4. The number of carbonyl (C=O) groups excluding carboxylic acids is 1. The van der Waals surface area contributed by atoms with E-state index in [4.69, 9.17) is 27.2 Å². The predicted molar refractivity (Wildman–Crippen MR) is 168 cm³/mol. The lowest BCUT2D eigenvalue weighted by molar-refractivity contribution is -0.140. The molecular weight excluding hydrogens is 586 g/mol. The van der Waals surface area contributed by atoms with Crippen molar-refractivity contribution in [1.82, 2.24) is 19.6 Å². The number of carboxylic acid groups (broad SMARTS) is 3. The molecule has 1 fully saturated rings. The molecule has 5 N–H and O–H groups in total. The van der Waals surface area contributed by atoms with Crippen LogP contribution >= 0.6 is 24.0 Å². The second kappa shape index (κ2) is 23.9. The number of carbonyl (C=O) groups is 4. The highest BCUT2D eigenvalue weighted by Crippen LogP contribution is 2.16. The van der Waals surface area contributed by atoms with Gasteiger partial charge in [-0.15, -0.1) is 11.8 Å². The lowest BCUT2D eigenvalue weighted by atomic mass is 10.0. The van der Waals surface area contributed by atoms with E-state index >= 15 is 0 Å². The summed E-state index contributed by atoms with van der Waals surface area (Å²) in [7, 11) is 1.00. The van der Waals surface area contributed by atoms with Gasteiger partial charge in [0.05, 0.1) is 19.6 Å². The molecule has 1 unspecified atom stereocenters. The number of aliphatic carboxylic acids is 2. The molecule has 13 nitrogen and oxygen atoms in total. The topological polar surface area (TPSA) is 174 Å². The highest BCUT2D eigenvalue weighted by Gasteiger charge is 2.24. The number of hydrogen-bond acceptors (Lipinski definition) is 11. The number of anilines is 1. The Hall–Kier alpha value is -2.66. The molecule has 1 aromatic carbocycles. The summed E-state index contributed by atoms with van der Waals surface area (Å²) in [6.45, 7) is 6.55. The van der Waals surface area contributed by atoms with E-state index in [1.165, 1.54) is 11.8 Å². The van der Waals surface area contributed by atoms with Crippen molar-refractivity contribution in [2.45, 2.75) is 19.4 Å². The second-order valence-electron chi connectivity index (χ2n) is 9.17. The summed E-state index contributed by atoms with van der Waals surface area (Å²) in [4.78, 5) is 51.0. The third kappa shape index (κ3) is 17.3. The number of thiocarbonyl (C=S) groups is 1. The number of nitrogens with zero attached hydrogens (tertiary/aromatic N) is 4. The molecule has 2 rings (SSSR count). The van der Waals surface area contributed by atoms with E-state index in [1.807, 2.05) is 28.2 Å². The summed E-state index contributed by atoms with van der Waals surface area (Å²) in [5, 5.41) is 35.8. The lowest BCUT2D eigenvalue weighted by Gasteiger charge is -2.37. The van der Waals surface area contributed by atoms with Gasteiger partial charge in [-0.3, -0.25) is 29.1 Å². The number of likely N-dealkylation sites (N-methyl/N-ethyl adjacent to an activating group) is 1. The molecule has 238 valence electrons. The largest absolute Gasteiger partial charge is 0.483 e. The maximum atomic E-state index is 11.6. The number of aldehydes is 1. The summed E-state index contributed by atoms with van der Waals surface area (Å²) in [5.41, 5.74) is 2.05. The number of aliphatic hydroxyl groups excluding tert-OH is 1. The highest BCUT2D eigenvalue weighted by molar-refractivity contribution is 8.22. The average molecular weight is 632 g/mol. The van der Waals surface area contributed by atoms with Crippen molar-refractivity contribution in [3.63, 3.8) is 0 Å². The third-order valence-electron chi connectivity index (χ3n) is 6.48. The zero-order valence-corrected chi connectivity index (χ0v) is 26.2. The standard InChI is InChI=1S/C25H39N5O5S2.CH2O2.CH4O/c1-3-27-8-9-28(18-23(32)33)10-11-29(19-24(34)35)12-13-30(14-15-31)22(17-27)16-20-4-6-21(7-5-20)26-25(36)37-2;2-1-3;1-2/h4-7,15,22H,3,8-14,16-19H2,1-2H3,(H,26,36)(H,32,33)(H,34,35);1H,(H,2,3);2H,1H3. The van der Waals surface area contributed by atoms with Crippen LogP contribution in [0.2, 0.25) is 0 Å². The van der Waals surface area contributed by atoms with Crippen LogP contribution in [0, 0.1) is 0 Å². The zero-order chi connectivity index (χ0) is 31.9. The van der Waals surface area contributed by atoms with Crippen molar-refractivity contribution in [3.05, 3.63) is 29.8 Å². The number of aliphatic hydroxyl groups is 1. The van der Waals surface area contributed by atoms with Crippen LogP contribution in [0.1, 0.15) is 12.5 Å². The van der Waals surface area contributed by atoms with E-state index in [1.54, 1.807) is 0 Å². The number of benzene rings is 1. The van der Waals surface area contributed by atoms with Crippen LogP contribution in [0.3, 0.4) is 0 Å². The van der Waals surface area contributed by atoms with Gasteiger partial charge in [-0.25, -0.2) is 0 Å². The van der Waals surface area contributed by atoms with Gasteiger partial charge in [0.15, 0.2) is 0 Å². The van der Waals surface area contributed by atoms with Gasteiger partial charge >= 0.3 is 11.9 Å². The first kappa shape index (κ1) is 39.3. The quantitative estimate of drug-likeness (QED) is 0.179. The van der Waals surface area contributed by atoms with E-state index in [2.05, 4.69) is 34.2 Å². The van der Waals surface area contributed by atoms with Crippen molar-refractivity contribution >= 4 is 58.7 Å². The van der Waals surface area contributed by atoms with Crippen LogP contribution in [0.4, 0.5) is 5.69 Å². The van der Waals surface area contributed by atoms with Crippen molar-refractivity contribution in [2.75, 3.05) is 90.7 Å². The molecule has 0 aromatic heterocycles. The van der Waals surface area contributed by atoms with Crippen molar-refractivity contribution in [2.24, 2.45) is 0 Å². The van der Waals surface area contributed by atoms with Crippen LogP contribution in [0.5, 0.6) is 0 Å². The minimum atomic E-state index is -0.929. The lowest BCUT2D eigenvalue weighted by Crippen LogP contribution is -2.52. The fourth-order valence-electron chi connectivity index (χ4n) is 4.43. The number of nitrogens with one attached hydrogen (secondary N) is 1. The molecule has 1 aliphatic heterocycles. The Kier molecular flexibility index (Phi) is 22.3. The van der Waals surface area contributed by atoms with E-state index in [0.29, 0.717) is 50.1 Å². The predicted octanol–water partition coefficient (Wildman–Crippen LogP) is 0.576. The van der Waals surface area contributed by atoms with Gasteiger partial charge in [0.25, 0.3) is 6.47 Å². The molecule has 0 radical (unpaired) electrons. The molecule has 1 aliphatic rings. The molecule has 0 aliphatic carbocycles. The van der Waals surface area contributed by atoms with Gasteiger partial charge in [0.2, 0.25) is 0 Å². The number of rotatable bonds is 10. The maximum absolute atomic E-state index is 11.6. The summed E-state index contributed by atoms with van der Waals surface area (Å²) in [5.74, 6) is -1.83. The van der Waals surface area contributed by atoms with Crippen molar-refractivity contribution < 1.29 is 39.6 Å². The van der Waals surface area contributed by atoms with Crippen LogP contribution in [-0.2, 0) is 25.6 Å². The SMILES string of the molecule is CCN1CCN(CC(=O)O)CCN(CC(=O)O)CCN(CC=O)C(Cc2ccc(NC(=S)SC)cc2)C1.CO.O=CO. The normalized spacial score (nSPS) is 17.6. The molecule has 15 heteroatoms. The van der Waals surface area contributed by atoms with Gasteiger partial charge in [-0.2, -0.15) is 0 Å². The van der Waals surface area contributed by atoms with Crippen LogP contribution in [0.15, 0.2) is 24.3 Å². The van der Waals surface area contributed by atoms with Crippen molar-refractivity contribution in [1.29, 1.82) is 0 Å². The molecule has 0 bridgehead atoms. The number of thioether (sulfide) groups is 1. The van der Waals surface area contributed by atoms with Crippen LogP contribution in [0.25, 0.3) is 0 Å². The van der Waals surface area contributed by atoms with Crippen LogP contribution in [-0.4, -0.2) is 160 Å². The summed E-state index contributed by atoms with van der Waals surface area (Å²) < 4.78 is 0.700. The molecule has 42 heavy (non-hydrogen) atoms. The molecule has 1 heterocycles. The first-order chi connectivity index (χ1) is 20.1. The number of carboxylic acids is 2. The minimum absolute atomic E-state index is 0.0234. The molecule has 0 spiro atoms. The smallest absolute Gasteiger partial charge is 0.317 e. The third-order valence-corrected chi connectivity index (χ3v) is 7.56. The molecule has 1 atom stereocenters. The Morgan fingerprint density at radius 1 is 0.952 bits per heavy atom. The average Bonchev–Trinajstić information content (AvgIpc) is 2.96.